The first kappa shape index (κ1) is 93.3. The maximum Gasteiger partial charge on any atom is 0.209 e. The average molecular weight is 1710 g/mol. The molecule has 9 heteroatoms. The molecule has 9 heterocycles. The molecule has 1 unspecified atom stereocenters. The number of hydrogen-bond acceptors (Lipinski definition) is 8. The van der Waals surface area contributed by atoms with E-state index in [1.165, 1.54) is 331 Å². The minimum Gasteiger partial charge on any atom is -0.364 e. The largest absolute Gasteiger partial charge is 0.364 e. The van der Waals surface area contributed by atoms with Gasteiger partial charge in [0.15, 0.2) is 5.71 Å². The van der Waals surface area contributed by atoms with E-state index in [-0.39, 0.29) is 10.8 Å². The zero-order valence-corrected chi connectivity index (χ0v) is 81.3. The number of aryl methyl sites for hydroxylation is 7. The lowest BCUT2D eigenvalue weighted by Crippen LogP contribution is -2.40. The lowest BCUT2D eigenvalue weighted by molar-refractivity contribution is -0.440. The monoisotopic (exact) mass is 1700 g/mol. The first-order valence-corrected chi connectivity index (χ1v) is 54.1. The molecule has 117 heavy (non-hydrogen) atoms. The Morgan fingerprint density at radius 2 is 0.667 bits per heavy atom. The van der Waals surface area contributed by atoms with Gasteiger partial charge >= 0.3 is 0 Å². The van der Waals surface area contributed by atoms with Crippen LogP contribution in [0.2, 0.25) is 0 Å². The summed E-state index contributed by atoms with van der Waals surface area (Å²) in [6.45, 7) is 31.1. The van der Waals surface area contributed by atoms with E-state index in [0.717, 1.165) is 51.6 Å². The zero-order chi connectivity index (χ0) is 82.2. The van der Waals surface area contributed by atoms with Gasteiger partial charge in [0.25, 0.3) is 0 Å². The van der Waals surface area contributed by atoms with Crippen LogP contribution in [0.1, 0.15) is 401 Å². The minimum absolute atomic E-state index is 0.0251. The number of rotatable bonds is 59. The summed E-state index contributed by atoms with van der Waals surface area (Å²) in [5.41, 5.74) is 17.1. The third-order valence-corrected chi connectivity index (χ3v) is 35.4. The third kappa shape index (κ3) is 25.6. The molecule has 0 fully saturated rings. The molecule has 2 aliphatic rings. The Morgan fingerprint density at radius 1 is 0.316 bits per heavy atom. The molecule has 1 atom stereocenters. The standard InChI is InChI=1S/C108H155N2S7/c1-13-21-29-35-41-47-57-81-75-87(67-71-99-107(9,10)89-63-53-55-65-91(89)109(99)73-27-19-7)111-103(81)95-79-85(61-51-45-39-33-25-17-5)105(116-95)97-77-83(59-49-43-37-31-23-15-3)101(114-97)93-69-70-94(113-93)102-84(60-50-44-38-32-24-16-4)78-98(115-102)106-86(62-52-46-40-34-26-18-6)80-96(117-106)104-82(58-48-42-36-30-22-14-2)76-88(112-104)68-72-100-108(11,12)90-64-54-56-66-92(90)110(100)74-28-20-8/h53-56,63-67,69-71,75-80,99H,13-52,57-62,68,72-74H2,1-12H3/q+1/b71-67+. The molecule has 7 aromatic heterocycles. The van der Waals surface area contributed by atoms with Crippen molar-refractivity contribution in [1.29, 1.82) is 0 Å². The highest BCUT2D eigenvalue weighted by molar-refractivity contribution is 7.31. The second kappa shape index (κ2) is 49.1. The van der Waals surface area contributed by atoms with Crippen LogP contribution in [0.5, 0.6) is 0 Å². The van der Waals surface area contributed by atoms with Gasteiger partial charge in [0, 0.05) is 110 Å². The van der Waals surface area contributed by atoms with Gasteiger partial charge in [-0.05, 0) is 203 Å². The summed E-state index contributed by atoms with van der Waals surface area (Å²) in [6.07, 6.45) is 66.9. The van der Waals surface area contributed by atoms with E-state index in [9.17, 15) is 0 Å². The number of unbranched alkanes of at least 4 members (excludes halogenated alkanes) is 32. The molecule has 11 rings (SSSR count). The van der Waals surface area contributed by atoms with Crippen molar-refractivity contribution in [2.24, 2.45) is 0 Å². The average Bonchev–Trinajstić information content (AvgIpc) is 1.58. The SMILES string of the molecule is CCCCCCCCc1cc(/C=C/C2N(CCCC)c3ccccc3C2(C)C)sc1-c1cc(CCCCCCCC)c(-c2cc(CCCCCCCC)c(-c3ccc(-c4sc(-c5sc(-c6sc(CCC7=[N+](CCCC)c8ccccc8C7(C)C)cc6CCCCCCCC)cc5CCCCCCCC)cc4CCCCCCCC)s3)s2)s1. The first-order chi connectivity index (χ1) is 57.3. The fourth-order valence-electron chi connectivity index (χ4n) is 19.0. The lowest BCUT2D eigenvalue weighted by atomic mass is 9.80. The van der Waals surface area contributed by atoms with Crippen molar-refractivity contribution < 1.29 is 4.58 Å². The van der Waals surface area contributed by atoms with Gasteiger partial charge in [0.2, 0.25) is 5.69 Å². The Bertz CT molecular complexity index is 4430. The number of benzene rings is 2. The van der Waals surface area contributed by atoms with E-state index in [1.807, 2.05) is 0 Å². The van der Waals surface area contributed by atoms with Crippen molar-refractivity contribution in [3.63, 3.8) is 0 Å². The van der Waals surface area contributed by atoms with Gasteiger partial charge in [-0.15, -0.1) is 79.4 Å². The molecule has 0 saturated heterocycles. The maximum atomic E-state index is 2.74. The van der Waals surface area contributed by atoms with E-state index >= 15 is 0 Å². The minimum atomic E-state index is 0.0251. The van der Waals surface area contributed by atoms with Gasteiger partial charge in [0.1, 0.15) is 6.54 Å². The van der Waals surface area contributed by atoms with Gasteiger partial charge in [-0.25, -0.2) is 0 Å². The Balaban J connectivity index is 0.970. The summed E-state index contributed by atoms with van der Waals surface area (Å²) >= 11 is 15.0. The number of thiophene rings is 7. The van der Waals surface area contributed by atoms with Crippen molar-refractivity contribution in [2.75, 3.05) is 18.0 Å². The molecular formula is C108H155N2S7+. The summed E-state index contributed by atoms with van der Waals surface area (Å²) in [5.74, 6) is 0. The van der Waals surface area contributed by atoms with Crippen LogP contribution in [0.15, 0.2) is 103 Å². The van der Waals surface area contributed by atoms with Gasteiger partial charge in [0.05, 0.1) is 11.5 Å². The summed E-state index contributed by atoms with van der Waals surface area (Å²) in [5, 5.41) is 0. The number of fused-ring (bicyclic) bond motifs is 2. The van der Waals surface area contributed by atoms with Gasteiger partial charge < -0.3 is 4.90 Å². The second-order valence-corrected chi connectivity index (χ2v) is 43.9. The van der Waals surface area contributed by atoms with E-state index < -0.39 is 0 Å². The molecule has 0 aliphatic carbocycles. The molecule has 0 N–H and O–H groups in total. The number of nitrogens with zero attached hydrogens (tertiary/aromatic N) is 2. The topological polar surface area (TPSA) is 6.25 Å². The molecule has 638 valence electrons. The van der Waals surface area contributed by atoms with Crippen molar-refractivity contribution >= 4 is 103 Å². The van der Waals surface area contributed by atoms with Crippen LogP contribution in [0.3, 0.4) is 0 Å². The van der Waals surface area contributed by atoms with Crippen molar-refractivity contribution in [1.82, 2.24) is 0 Å². The fourth-order valence-corrected chi connectivity index (χ4v) is 28.1. The lowest BCUT2D eigenvalue weighted by Gasteiger charge is -2.32. The van der Waals surface area contributed by atoms with Crippen LogP contribution in [-0.2, 0) is 55.8 Å². The second-order valence-electron chi connectivity index (χ2n) is 36.4. The Morgan fingerprint density at radius 3 is 1.09 bits per heavy atom. The van der Waals surface area contributed by atoms with Crippen molar-refractivity contribution in [3.8, 4) is 58.5 Å². The molecule has 2 nitrogen and oxygen atoms in total. The maximum absolute atomic E-state index is 2.74. The van der Waals surface area contributed by atoms with E-state index in [4.69, 9.17) is 0 Å². The summed E-state index contributed by atoms with van der Waals surface area (Å²) in [6, 6.07) is 40.4. The van der Waals surface area contributed by atoms with Gasteiger partial charge in [-0.1, -0.05) is 317 Å². The summed E-state index contributed by atoms with van der Waals surface area (Å²) in [7, 11) is 0. The number of hydrogen-bond donors (Lipinski definition) is 0. The van der Waals surface area contributed by atoms with Crippen LogP contribution in [-0.4, -0.2) is 29.4 Å². The normalized spacial score (nSPS) is 14.5. The molecule has 9 aromatic rings. The smallest absolute Gasteiger partial charge is 0.209 e. The molecule has 0 radical (unpaired) electrons. The van der Waals surface area contributed by atoms with E-state index in [1.54, 1.807) is 68.4 Å². The van der Waals surface area contributed by atoms with Crippen molar-refractivity contribution in [2.45, 2.75) is 408 Å². The van der Waals surface area contributed by atoms with Crippen LogP contribution in [0.25, 0.3) is 64.6 Å². The quantitative estimate of drug-likeness (QED) is 0.0272. The highest BCUT2D eigenvalue weighted by Crippen LogP contribution is 2.54. The van der Waals surface area contributed by atoms with Crippen LogP contribution in [0, 0.1) is 0 Å². The number of anilines is 1. The van der Waals surface area contributed by atoms with Gasteiger partial charge in [-0.3, -0.25) is 0 Å². The Kier molecular flexibility index (Phi) is 39.2. The summed E-state index contributed by atoms with van der Waals surface area (Å²) in [4.78, 5) is 24.1. The van der Waals surface area contributed by atoms with Gasteiger partial charge in [-0.2, -0.15) is 4.58 Å². The number of para-hydroxylation sites is 2. The molecule has 0 bridgehead atoms. The van der Waals surface area contributed by atoms with Crippen LogP contribution in [0.4, 0.5) is 11.4 Å². The molecular weight excluding hydrogens is 1550 g/mol. The highest BCUT2D eigenvalue weighted by atomic mass is 32.1. The predicted octanol–water partition coefficient (Wildman–Crippen LogP) is 37.3. The zero-order valence-electron chi connectivity index (χ0n) is 75.6. The highest BCUT2D eigenvalue weighted by Gasteiger charge is 2.45. The predicted molar refractivity (Wildman–Crippen MR) is 534 cm³/mol. The molecule has 0 saturated carbocycles. The van der Waals surface area contributed by atoms with Crippen LogP contribution >= 0.6 is 79.4 Å². The first-order valence-electron chi connectivity index (χ1n) is 48.4. The van der Waals surface area contributed by atoms with E-state index in [0.29, 0.717) is 6.04 Å². The van der Waals surface area contributed by atoms with Crippen LogP contribution < -0.4 is 4.90 Å². The molecule has 0 spiro atoms. The van der Waals surface area contributed by atoms with Crippen molar-refractivity contribution in [3.05, 3.63) is 157 Å². The molecule has 0 amide bonds. The molecule has 2 aromatic carbocycles. The Hall–Kier alpha value is -4.45. The molecule has 2 aliphatic heterocycles. The van der Waals surface area contributed by atoms with E-state index in [2.05, 4.69) is 281 Å². The summed E-state index contributed by atoms with van der Waals surface area (Å²) < 4.78 is 2.74. The third-order valence-electron chi connectivity index (χ3n) is 26.1. The fraction of sp³-hybridized carbons (Fsp3) is 0.602. The Labute approximate surface area is 742 Å².